The van der Waals surface area contributed by atoms with Gasteiger partial charge >= 0.3 is 216 Å². The van der Waals surface area contributed by atoms with Crippen molar-refractivity contribution in [2.75, 3.05) is 13.3 Å². The molecule has 0 nitrogen and oxygen atoms in total. The third kappa shape index (κ3) is 5.51. The van der Waals surface area contributed by atoms with Crippen LogP contribution in [0.25, 0.3) is 0 Å². The summed E-state index contributed by atoms with van der Waals surface area (Å²) >= 11 is 0. The molecular formula is C31H55P3. The molecule has 0 aliphatic carbocycles. The van der Waals surface area contributed by atoms with Crippen molar-refractivity contribution < 1.29 is 0 Å². The van der Waals surface area contributed by atoms with Gasteiger partial charge in [-0.05, 0) is 0 Å². The second-order valence-electron chi connectivity index (χ2n) is 12.7. The Labute approximate surface area is 215 Å². The molecular weight excluding hydrogens is 465 g/mol. The van der Waals surface area contributed by atoms with E-state index in [1.54, 1.807) is 21.2 Å². The number of hydrogen-bond donors (Lipinski definition) is 0. The van der Waals surface area contributed by atoms with Gasteiger partial charge < -0.3 is 0 Å². The van der Waals surface area contributed by atoms with Crippen molar-refractivity contribution in [1.82, 2.24) is 0 Å². The van der Waals surface area contributed by atoms with Gasteiger partial charge in [0.2, 0.25) is 0 Å². The molecule has 194 valence electrons. The molecule has 0 heterocycles. The Balaban J connectivity index is 2.97. The Morgan fingerprint density at radius 2 is 0.824 bits per heavy atom. The first-order valence-corrected chi connectivity index (χ1v) is 20.3. The molecule has 0 aromatic heterocycles. The Kier molecular flexibility index (Phi) is 10.1. The molecule has 2 aromatic rings. The van der Waals surface area contributed by atoms with Gasteiger partial charge in [0.1, 0.15) is 0 Å². The van der Waals surface area contributed by atoms with Gasteiger partial charge in [-0.25, -0.2) is 0 Å². The molecule has 0 saturated heterocycles. The minimum absolute atomic E-state index is 0.434. The molecule has 34 heavy (non-hydrogen) atoms. The molecule has 0 radical (unpaired) electrons. The third-order valence-electron chi connectivity index (χ3n) is 9.30. The van der Waals surface area contributed by atoms with Crippen LogP contribution in [0.5, 0.6) is 0 Å². The Morgan fingerprint density at radius 1 is 0.529 bits per heavy atom. The van der Waals surface area contributed by atoms with Gasteiger partial charge in [0.25, 0.3) is 0 Å². The molecule has 2 aromatic carbocycles. The van der Waals surface area contributed by atoms with E-state index in [1.807, 2.05) is 0 Å². The SMILES string of the molecule is Cc1ccc(P(c2ccc(C)cc2[PH](C)(C(C)C)C(C)C)C(C)C)c([PH](C)(C(C)C)C(C)C)c1. The monoisotopic (exact) mass is 520 g/mol. The Morgan fingerprint density at radius 3 is 1.06 bits per heavy atom. The first-order chi connectivity index (χ1) is 15.6. The van der Waals surface area contributed by atoms with Gasteiger partial charge in [0.15, 0.2) is 0 Å². The summed E-state index contributed by atoms with van der Waals surface area (Å²) in [5.74, 6) is 0. The van der Waals surface area contributed by atoms with Crippen LogP contribution in [0.3, 0.4) is 0 Å². The summed E-state index contributed by atoms with van der Waals surface area (Å²) in [6, 6.07) is 15.0. The zero-order valence-corrected chi connectivity index (χ0v) is 27.7. The molecule has 0 bridgehead atoms. The van der Waals surface area contributed by atoms with Crippen molar-refractivity contribution in [3.05, 3.63) is 47.5 Å². The standard InChI is InChI=1S/C31H55P3/c1-21(2)32(28-17-15-26(11)19-30(28)33(13,22(3)4)23(5)6)29-18-16-27(12)20-31(29)34(14,24(7)8)25(9)10/h15-25,33-34H,1-14H3. The molecule has 0 aliphatic rings. The molecule has 0 amide bonds. The van der Waals surface area contributed by atoms with E-state index in [0.29, 0.717) is 5.66 Å². The molecule has 0 atom stereocenters. The van der Waals surface area contributed by atoms with E-state index in [-0.39, 0.29) is 0 Å². The molecule has 2 rings (SSSR count). The summed E-state index contributed by atoms with van der Waals surface area (Å²) in [7, 11) is -3.81. The number of benzene rings is 2. The number of hydrogen-bond acceptors (Lipinski definition) is 0. The molecule has 3 heteroatoms. The average Bonchev–Trinajstić information content (AvgIpc) is 2.73. The minimum atomic E-state index is -1.69. The molecule has 0 saturated carbocycles. The van der Waals surface area contributed by atoms with E-state index in [2.05, 4.69) is 133 Å². The molecule has 0 unspecified atom stereocenters. The molecule has 0 N–H and O–H groups in total. The summed E-state index contributed by atoms with van der Waals surface area (Å²) in [6.45, 7) is 34.7. The van der Waals surface area contributed by atoms with E-state index < -0.39 is 22.4 Å². The maximum atomic E-state index is 2.66. The first-order valence-electron chi connectivity index (χ1n) is 13.6. The van der Waals surface area contributed by atoms with Crippen LogP contribution in [0.2, 0.25) is 0 Å². The van der Waals surface area contributed by atoms with Crippen molar-refractivity contribution >= 4 is 43.7 Å². The summed E-state index contributed by atoms with van der Waals surface area (Å²) < 4.78 is 0. The first kappa shape index (κ1) is 30.0. The average molecular weight is 521 g/mol. The Hall–Kier alpha value is -0.270. The van der Waals surface area contributed by atoms with E-state index >= 15 is 0 Å². The van der Waals surface area contributed by atoms with Crippen LogP contribution in [0, 0.1) is 13.8 Å². The zero-order chi connectivity index (χ0) is 26.2. The number of rotatable bonds is 9. The van der Waals surface area contributed by atoms with Crippen LogP contribution in [-0.4, -0.2) is 41.6 Å². The van der Waals surface area contributed by atoms with Crippen LogP contribution in [0.4, 0.5) is 0 Å². The molecule has 0 spiro atoms. The zero-order valence-electron chi connectivity index (χ0n) is 24.8. The fourth-order valence-electron chi connectivity index (χ4n) is 5.85. The summed E-state index contributed by atoms with van der Waals surface area (Å²) in [4.78, 5) is 0. The van der Waals surface area contributed by atoms with E-state index in [9.17, 15) is 0 Å². The summed E-state index contributed by atoms with van der Waals surface area (Å²) in [5, 5.41) is 6.84. The topological polar surface area (TPSA) is 0 Å². The van der Waals surface area contributed by atoms with Crippen molar-refractivity contribution in [2.24, 2.45) is 0 Å². The Bertz CT molecular complexity index is 877. The van der Waals surface area contributed by atoms with Crippen molar-refractivity contribution in [1.29, 1.82) is 0 Å². The fourth-order valence-corrected chi connectivity index (χ4v) is 18.0. The van der Waals surface area contributed by atoms with Crippen LogP contribution in [0.15, 0.2) is 36.4 Å². The van der Waals surface area contributed by atoms with E-state index in [0.717, 1.165) is 22.6 Å². The van der Waals surface area contributed by atoms with E-state index in [4.69, 9.17) is 0 Å². The van der Waals surface area contributed by atoms with Crippen molar-refractivity contribution in [2.45, 2.75) is 111 Å². The molecule has 0 aliphatic heterocycles. The van der Waals surface area contributed by atoms with Gasteiger partial charge in [0.05, 0.1) is 0 Å². The van der Waals surface area contributed by atoms with Crippen LogP contribution in [0.1, 0.15) is 80.4 Å². The maximum absolute atomic E-state index is 2.66. The van der Waals surface area contributed by atoms with Gasteiger partial charge in [0, 0.05) is 0 Å². The van der Waals surface area contributed by atoms with Gasteiger partial charge in [-0.3, -0.25) is 0 Å². The third-order valence-corrected chi connectivity index (χ3v) is 25.3. The second kappa shape index (κ2) is 11.4. The normalized spacial score (nSPS) is 15.1. The van der Waals surface area contributed by atoms with E-state index in [1.165, 1.54) is 11.1 Å². The van der Waals surface area contributed by atoms with Crippen LogP contribution in [-0.2, 0) is 0 Å². The van der Waals surface area contributed by atoms with Gasteiger partial charge in [-0.1, -0.05) is 0 Å². The van der Waals surface area contributed by atoms with Gasteiger partial charge in [-0.15, -0.1) is 0 Å². The fraction of sp³-hybridized carbons (Fsp3) is 0.613. The molecule has 0 fully saturated rings. The predicted molar refractivity (Wildman–Crippen MR) is 172 cm³/mol. The van der Waals surface area contributed by atoms with Crippen LogP contribution >= 0.6 is 22.4 Å². The summed E-state index contributed by atoms with van der Waals surface area (Å²) in [6.07, 6.45) is 0. The van der Waals surface area contributed by atoms with Gasteiger partial charge in [-0.2, -0.15) is 0 Å². The van der Waals surface area contributed by atoms with Crippen molar-refractivity contribution in [3.63, 3.8) is 0 Å². The van der Waals surface area contributed by atoms with Crippen molar-refractivity contribution in [3.8, 4) is 0 Å². The summed E-state index contributed by atoms with van der Waals surface area (Å²) in [5.41, 5.74) is 6.35. The predicted octanol–water partition coefficient (Wildman–Crippen LogP) is 7.79. The van der Waals surface area contributed by atoms with Crippen LogP contribution < -0.4 is 21.2 Å². The number of aryl methyl sites for hydroxylation is 2. The quantitative estimate of drug-likeness (QED) is 0.296. The second-order valence-corrected chi connectivity index (χ2v) is 26.3.